The number of hydrogen-bond acceptors (Lipinski definition) is 5. The van der Waals surface area contributed by atoms with Crippen LogP contribution in [0.5, 0.6) is 0 Å². The number of aromatic nitrogens is 1. The first-order valence-corrected chi connectivity index (χ1v) is 8.80. The second kappa shape index (κ2) is 6.75. The van der Waals surface area contributed by atoms with Crippen molar-refractivity contribution in [2.45, 2.75) is 38.1 Å². The van der Waals surface area contributed by atoms with Gasteiger partial charge in [-0.05, 0) is 25.2 Å². The molecule has 2 atom stereocenters. The lowest BCUT2D eigenvalue weighted by atomic mass is 9.99. The summed E-state index contributed by atoms with van der Waals surface area (Å²) in [5, 5.41) is 3.08. The summed E-state index contributed by atoms with van der Waals surface area (Å²) in [6, 6.07) is 0.229. The van der Waals surface area contributed by atoms with Crippen LogP contribution >= 0.6 is 11.3 Å². The molecule has 21 heavy (non-hydrogen) atoms. The fraction of sp³-hybridized carbons (Fsp3) is 0.733. The zero-order chi connectivity index (χ0) is 14.7. The van der Waals surface area contributed by atoms with Crippen LogP contribution in [0.3, 0.4) is 0 Å². The number of hydrogen-bond donors (Lipinski definition) is 1. The van der Waals surface area contributed by atoms with Crippen molar-refractivity contribution in [1.29, 1.82) is 0 Å². The molecule has 1 aromatic rings. The van der Waals surface area contributed by atoms with E-state index < -0.39 is 0 Å². The molecule has 0 aromatic carbocycles. The van der Waals surface area contributed by atoms with E-state index in [4.69, 9.17) is 5.73 Å². The van der Waals surface area contributed by atoms with Gasteiger partial charge in [0, 0.05) is 50.2 Å². The first-order valence-electron chi connectivity index (χ1n) is 7.92. The maximum Gasteiger partial charge on any atom is 0.222 e. The first kappa shape index (κ1) is 14.8. The molecule has 0 unspecified atom stereocenters. The minimum absolute atomic E-state index is 0.229. The van der Waals surface area contributed by atoms with Gasteiger partial charge in [0.15, 0.2) is 5.13 Å². The van der Waals surface area contributed by atoms with E-state index in [0.717, 1.165) is 50.6 Å². The Hall–Kier alpha value is -1.14. The molecule has 0 spiro atoms. The van der Waals surface area contributed by atoms with Gasteiger partial charge in [-0.25, -0.2) is 4.98 Å². The fourth-order valence-corrected chi connectivity index (χ4v) is 4.10. The summed E-state index contributed by atoms with van der Waals surface area (Å²) >= 11 is 1.67. The SMILES string of the molecule is N[C@@H]1CCC[C@H]1CC(=O)N1CCCN(c2nccs2)CC1. The number of rotatable bonds is 3. The summed E-state index contributed by atoms with van der Waals surface area (Å²) in [5.41, 5.74) is 6.09. The van der Waals surface area contributed by atoms with Gasteiger partial charge in [0.2, 0.25) is 5.91 Å². The predicted molar refractivity (Wildman–Crippen MR) is 85.5 cm³/mol. The third kappa shape index (κ3) is 3.55. The number of carbonyl (C=O) groups excluding carboxylic acids is 1. The van der Waals surface area contributed by atoms with Crippen molar-refractivity contribution in [2.24, 2.45) is 11.7 Å². The maximum absolute atomic E-state index is 12.5. The molecule has 2 N–H and O–H groups in total. The van der Waals surface area contributed by atoms with Gasteiger partial charge in [0.1, 0.15) is 0 Å². The van der Waals surface area contributed by atoms with Crippen LogP contribution in [0.1, 0.15) is 32.1 Å². The number of anilines is 1. The number of nitrogens with zero attached hydrogens (tertiary/aromatic N) is 3. The highest BCUT2D eigenvalue weighted by Gasteiger charge is 2.28. The molecule has 1 saturated heterocycles. The van der Waals surface area contributed by atoms with Gasteiger partial charge in [-0.2, -0.15) is 0 Å². The van der Waals surface area contributed by atoms with E-state index >= 15 is 0 Å². The van der Waals surface area contributed by atoms with Crippen LogP contribution in [0, 0.1) is 5.92 Å². The lowest BCUT2D eigenvalue weighted by Gasteiger charge is -2.24. The predicted octanol–water partition coefficient (Wildman–Crippen LogP) is 1.70. The van der Waals surface area contributed by atoms with Gasteiger partial charge in [0.25, 0.3) is 0 Å². The average molecular weight is 308 g/mol. The topological polar surface area (TPSA) is 62.5 Å². The Kier molecular flexibility index (Phi) is 4.75. The van der Waals surface area contributed by atoms with Crippen LogP contribution in [-0.4, -0.2) is 48.0 Å². The molecule has 0 bridgehead atoms. The summed E-state index contributed by atoms with van der Waals surface area (Å²) in [5.74, 6) is 0.689. The standard InChI is InChI=1S/C15H24N4OS/c16-13-4-1-3-12(13)11-14(20)18-6-2-7-19(9-8-18)15-17-5-10-21-15/h5,10,12-13H,1-4,6-9,11,16H2/t12-,13+/m0/s1. The summed E-state index contributed by atoms with van der Waals surface area (Å²) in [4.78, 5) is 21.2. The smallest absolute Gasteiger partial charge is 0.222 e. The van der Waals surface area contributed by atoms with Gasteiger partial charge in [-0.1, -0.05) is 6.42 Å². The third-order valence-corrected chi connectivity index (χ3v) is 5.53. The van der Waals surface area contributed by atoms with E-state index in [1.165, 1.54) is 6.42 Å². The summed E-state index contributed by atoms with van der Waals surface area (Å²) in [7, 11) is 0. The summed E-state index contributed by atoms with van der Waals surface area (Å²) in [6.45, 7) is 3.54. The fourth-order valence-electron chi connectivity index (χ4n) is 3.40. The minimum atomic E-state index is 0.229. The minimum Gasteiger partial charge on any atom is -0.346 e. The van der Waals surface area contributed by atoms with E-state index in [9.17, 15) is 4.79 Å². The van der Waals surface area contributed by atoms with Gasteiger partial charge in [-0.3, -0.25) is 4.79 Å². The van der Waals surface area contributed by atoms with Gasteiger partial charge < -0.3 is 15.5 Å². The number of carbonyl (C=O) groups is 1. The van der Waals surface area contributed by atoms with Gasteiger partial charge in [-0.15, -0.1) is 11.3 Å². The normalized spacial score (nSPS) is 26.9. The second-order valence-electron chi connectivity index (χ2n) is 6.10. The van der Waals surface area contributed by atoms with Crippen LogP contribution < -0.4 is 10.6 Å². The van der Waals surface area contributed by atoms with Crippen LogP contribution in [0.25, 0.3) is 0 Å². The average Bonchev–Trinajstić information content (AvgIpc) is 3.07. The van der Waals surface area contributed by atoms with Crippen molar-refractivity contribution in [1.82, 2.24) is 9.88 Å². The van der Waals surface area contributed by atoms with Crippen molar-refractivity contribution in [3.8, 4) is 0 Å². The first-order chi connectivity index (χ1) is 10.2. The summed E-state index contributed by atoms with van der Waals surface area (Å²) in [6.07, 6.45) is 6.87. The molecule has 1 aliphatic heterocycles. The lowest BCUT2D eigenvalue weighted by molar-refractivity contribution is -0.132. The molecule has 1 amide bonds. The van der Waals surface area contributed by atoms with Gasteiger partial charge in [0.05, 0.1) is 0 Å². The van der Waals surface area contributed by atoms with Crippen LogP contribution in [-0.2, 0) is 4.79 Å². The van der Waals surface area contributed by atoms with Gasteiger partial charge >= 0.3 is 0 Å². The highest BCUT2D eigenvalue weighted by Crippen LogP contribution is 2.27. The maximum atomic E-state index is 12.5. The van der Waals surface area contributed by atoms with Crippen LogP contribution in [0.2, 0.25) is 0 Å². The molecule has 1 aliphatic carbocycles. The largest absolute Gasteiger partial charge is 0.346 e. The quantitative estimate of drug-likeness (QED) is 0.923. The lowest BCUT2D eigenvalue weighted by Crippen LogP contribution is -2.37. The van der Waals surface area contributed by atoms with Crippen molar-refractivity contribution in [3.05, 3.63) is 11.6 Å². The number of amides is 1. The molecule has 0 radical (unpaired) electrons. The Morgan fingerprint density at radius 1 is 1.29 bits per heavy atom. The monoisotopic (exact) mass is 308 g/mol. The van der Waals surface area contributed by atoms with E-state index in [0.29, 0.717) is 18.2 Å². The Bertz CT molecular complexity index is 464. The van der Waals surface area contributed by atoms with Crippen LogP contribution in [0.15, 0.2) is 11.6 Å². The molecular formula is C15H24N4OS. The third-order valence-electron chi connectivity index (χ3n) is 4.69. The second-order valence-corrected chi connectivity index (χ2v) is 6.97. The van der Waals surface area contributed by atoms with Crippen molar-refractivity contribution in [2.75, 3.05) is 31.1 Å². The van der Waals surface area contributed by atoms with Crippen molar-refractivity contribution >= 4 is 22.4 Å². The van der Waals surface area contributed by atoms with E-state index in [1.807, 2.05) is 16.5 Å². The van der Waals surface area contributed by atoms with Crippen LogP contribution in [0.4, 0.5) is 5.13 Å². The zero-order valence-corrected chi connectivity index (χ0v) is 13.2. The van der Waals surface area contributed by atoms with Crippen molar-refractivity contribution < 1.29 is 4.79 Å². The Balaban J connectivity index is 1.53. The molecular weight excluding hydrogens is 284 g/mol. The van der Waals surface area contributed by atoms with E-state index in [2.05, 4.69) is 9.88 Å². The molecule has 1 aromatic heterocycles. The number of nitrogens with two attached hydrogens (primary N) is 1. The Morgan fingerprint density at radius 2 is 2.19 bits per heavy atom. The Labute approximate surface area is 130 Å². The van der Waals surface area contributed by atoms with E-state index in [1.54, 1.807) is 11.3 Å². The molecule has 3 rings (SSSR count). The Morgan fingerprint density at radius 3 is 2.90 bits per heavy atom. The summed E-state index contributed by atoms with van der Waals surface area (Å²) < 4.78 is 0. The number of thiazole rings is 1. The zero-order valence-electron chi connectivity index (χ0n) is 12.4. The molecule has 2 aliphatic rings. The molecule has 116 valence electrons. The molecule has 5 nitrogen and oxygen atoms in total. The van der Waals surface area contributed by atoms with Crippen molar-refractivity contribution in [3.63, 3.8) is 0 Å². The molecule has 6 heteroatoms. The van der Waals surface area contributed by atoms with E-state index in [-0.39, 0.29) is 6.04 Å². The molecule has 2 fully saturated rings. The molecule has 2 heterocycles. The highest BCUT2D eigenvalue weighted by atomic mass is 32.1. The highest BCUT2D eigenvalue weighted by molar-refractivity contribution is 7.13. The molecule has 1 saturated carbocycles.